The molecule has 2 aromatic carbocycles. The van der Waals surface area contributed by atoms with Crippen LogP contribution in [0.2, 0.25) is 5.02 Å². The molecule has 0 saturated carbocycles. The Morgan fingerprint density at radius 3 is 2.54 bits per heavy atom. The molecular weight excluding hydrogens is 358 g/mol. The largest absolute Gasteiger partial charge is 0.486 e. The predicted octanol–water partition coefficient (Wildman–Crippen LogP) is 3.22. The average Bonchev–Trinajstić information content (AvgIpc) is 2.63. The van der Waals surface area contributed by atoms with E-state index in [1.165, 1.54) is 6.92 Å². The number of hydrogen-bond donors (Lipinski definition) is 1. The fourth-order valence-electron chi connectivity index (χ4n) is 2.43. The number of hydrogen-bond acceptors (Lipinski definition) is 5. The maximum absolute atomic E-state index is 12.2. The lowest BCUT2D eigenvalue weighted by Gasteiger charge is -2.19. The molecule has 1 N–H and O–H groups in total. The summed E-state index contributed by atoms with van der Waals surface area (Å²) in [7, 11) is 0. The average molecular weight is 376 g/mol. The number of halogens is 1. The molecule has 0 bridgehead atoms. The van der Waals surface area contributed by atoms with Crippen LogP contribution in [0.15, 0.2) is 42.5 Å². The van der Waals surface area contributed by atoms with E-state index < -0.39 is 18.0 Å². The molecule has 0 saturated heterocycles. The SMILES string of the molecule is C[C@@H](OC(=O)Cc1ccc(Cl)cc1)C(=O)Nc1ccc2c(c1)OCCO2. The molecule has 0 spiro atoms. The Hall–Kier alpha value is -2.73. The third-order valence-corrected chi connectivity index (χ3v) is 4.00. The molecule has 136 valence electrons. The van der Waals surface area contributed by atoms with Gasteiger partial charge >= 0.3 is 5.97 Å². The number of carbonyl (C=O) groups excluding carboxylic acids is 2. The summed E-state index contributed by atoms with van der Waals surface area (Å²) >= 11 is 5.81. The summed E-state index contributed by atoms with van der Waals surface area (Å²) in [4.78, 5) is 24.2. The quantitative estimate of drug-likeness (QED) is 0.812. The first-order valence-corrected chi connectivity index (χ1v) is 8.53. The van der Waals surface area contributed by atoms with Crippen molar-refractivity contribution < 1.29 is 23.8 Å². The number of rotatable bonds is 5. The van der Waals surface area contributed by atoms with Gasteiger partial charge in [-0.3, -0.25) is 9.59 Å². The van der Waals surface area contributed by atoms with E-state index in [0.717, 1.165) is 5.56 Å². The van der Waals surface area contributed by atoms with Crippen molar-refractivity contribution in [3.63, 3.8) is 0 Å². The lowest BCUT2D eigenvalue weighted by molar-refractivity contribution is -0.152. The van der Waals surface area contributed by atoms with Gasteiger partial charge in [-0.05, 0) is 36.8 Å². The molecule has 1 amide bonds. The van der Waals surface area contributed by atoms with Crippen LogP contribution in [-0.4, -0.2) is 31.2 Å². The molecule has 0 fully saturated rings. The number of nitrogens with one attached hydrogen (secondary N) is 1. The van der Waals surface area contributed by atoms with E-state index in [1.807, 2.05) is 0 Å². The predicted molar refractivity (Wildman–Crippen MR) is 96.8 cm³/mol. The summed E-state index contributed by atoms with van der Waals surface area (Å²) in [5.74, 6) is 0.293. The summed E-state index contributed by atoms with van der Waals surface area (Å²) in [6.07, 6.45) is -0.860. The Morgan fingerprint density at radius 1 is 1.12 bits per heavy atom. The second-order valence-corrected chi connectivity index (χ2v) is 6.22. The van der Waals surface area contributed by atoms with Gasteiger partial charge < -0.3 is 19.5 Å². The number of fused-ring (bicyclic) bond motifs is 1. The molecule has 26 heavy (non-hydrogen) atoms. The van der Waals surface area contributed by atoms with Crippen molar-refractivity contribution in [1.82, 2.24) is 0 Å². The van der Waals surface area contributed by atoms with Crippen molar-refractivity contribution in [3.8, 4) is 11.5 Å². The van der Waals surface area contributed by atoms with Crippen LogP contribution in [0.4, 0.5) is 5.69 Å². The van der Waals surface area contributed by atoms with Gasteiger partial charge in [-0.25, -0.2) is 0 Å². The third kappa shape index (κ3) is 4.67. The van der Waals surface area contributed by atoms with Crippen LogP contribution < -0.4 is 14.8 Å². The second-order valence-electron chi connectivity index (χ2n) is 5.78. The normalized spacial score (nSPS) is 13.6. The molecule has 1 aliphatic heterocycles. The van der Waals surface area contributed by atoms with Crippen LogP contribution in [-0.2, 0) is 20.7 Å². The molecule has 0 unspecified atom stereocenters. The van der Waals surface area contributed by atoms with E-state index in [1.54, 1.807) is 42.5 Å². The zero-order valence-electron chi connectivity index (χ0n) is 14.2. The maximum Gasteiger partial charge on any atom is 0.311 e. The van der Waals surface area contributed by atoms with E-state index in [9.17, 15) is 9.59 Å². The van der Waals surface area contributed by atoms with Gasteiger partial charge in [0.25, 0.3) is 5.91 Å². The van der Waals surface area contributed by atoms with Crippen LogP contribution in [0, 0.1) is 0 Å². The fourth-order valence-corrected chi connectivity index (χ4v) is 2.55. The molecule has 1 heterocycles. The number of ether oxygens (including phenoxy) is 3. The molecule has 6 nitrogen and oxygen atoms in total. The summed E-state index contributed by atoms with van der Waals surface area (Å²) < 4.78 is 16.1. The molecule has 7 heteroatoms. The van der Waals surface area contributed by atoms with E-state index in [2.05, 4.69) is 5.32 Å². The Balaban J connectivity index is 1.54. The van der Waals surface area contributed by atoms with Crippen molar-refractivity contribution in [2.75, 3.05) is 18.5 Å². The molecule has 2 aromatic rings. The fraction of sp³-hybridized carbons (Fsp3) is 0.263. The Kier molecular flexibility index (Phi) is 5.63. The van der Waals surface area contributed by atoms with Gasteiger partial charge in [-0.15, -0.1) is 0 Å². The van der Waals surface area contributed by atoms with Crippen LogP contribution >= 0.6 is 11.6 Å². The van der Waals surface area contributed by atoms with Crippen LogP contribution in [0.1, 0.15) is 12.5 Å². The molecular formula is C19H18ClNO5. The minimum absolute atomic E-state index is 0.0683. The Labute approximate surface area is 156 Å². The molecule has 0 radical (unpaired) electrons. The highest BCUT2D eigenvalue weighted by Gasteiger charge is 2.19. The first-order valence-electron chi connectivity index (χ1n) is 8.16. The van der Waals surface area contributed by atoms with E-state index in [4.69, 9.17) is 25.8 Å². The molecule has 1 aliphatic rings. The van der Waals surface area contributed by atoms with Crippen molar-refractivity contribution in [3.05, 3.63) is 53.1 Å². The van der Waals surface area contributed by atoms with Crippen molar-refractivity contribution in [2.24, 2.45) is 0 Å². The minimum atomic E-state index is -0.928. The van der Waals surface area contributed by atoms with Gasteiger partial charge in [-0.1, -0.05) is 23.7 Å². The highest BCUT2D eigenvalue weighted by atomic mass is 35.5. The molecule has 0 aliphatic carbocycles. The second kappa shape index (κ2) is 8.10. The van der Waals surface area contributed by atoms with Crippen LogP contribution in [0.25, 0.3) is 0 Å². The van der Waals surface area contributed by atoms with Crippen LogP contribution in [0.5, 0.6) is 11.5 Å². The van der Waals surface area contributed by atoms with Gasteiger partial charge in [0.15, 0.2) is 17.6 Å². The number of carbonyl (C=O) groups is 2. The zero-order valence-corrected chi connectivity index (χ0v) is 14.9. The van der Waals surface area contributed by atoms with Crippen molar-refractivity contribution in [2.45, 2.75) is 19.4 Å². The summed E-state index contributed by atoms with van der Waals surface area (Å²) in [6, 6.07) is 12.0. The van der Waals surface area contributed by atoms with Gasteiger partial charge in [0.05, 0.1) is 6.42 Å². The van der Waals surface area contributed by atoms with Crippen molar-refractivity contribution >= 4 is 29.2 Å². The minimum Gasteiger partial charge on any atom is -0.486 e. The van der Waals surface area contributed by atoms with Gasteiger partial charge in [0.2, 0.25) is 0 Å². The summed E-state index contributed by atoms with van der Waals surface area (Å²) in [5.41, 5.74) is 1.30. The maximum atomic E-state index is 12.2. The Bertz CT molecular complexity index is 806. The number of esters is 1. The Morgan fingerprint density at radius 2 is 1.81 bits per heavy atom. The first kappa shape index (κ1) is 18.1. The highest BCUT2D eigenvalue weighted by molar-refractivity contribution is 6.30. The lowest BCUT2D eigenvalue weighted by atomic mass is 10.1. The van der Waals surface area contributed by atoms with E-state index in [-0.39, 0.29) is 6.42 Å². The lowest BCUT2D eigenvalue weighted by Crippen LogP contribution is -2.30. The highest BCUT2D eigenvalue weighted by Crippen LogP contribution is 2.32. The smallest absolute Gasteiger partial charge is 0.311 e. The van der Waals surface area contributed by atoms with Crippen molar-refractivity contribution in [1.29, 1.82) is 0 Å². The standard InChI is InChI=1S/C19H18ClNO5/c1-12(26-18(22)10-13-2-4-14(20)5-3-13)19(23)21-15-6-7-16-17(11-15)25-9-8-24-16/h2-7,11-12H,8-10H2,1H3,(H,21,23)/t12-/m1/s1. The topological polar surface area (TPSA) is 73.9 Å². The first-order chi connectivity index (χ1) is 12.5. The third-order valence-electron chi connectivity index (χ3n) is 3.75. The van der Waals surface area contributed by atoms with Gasteiger partial charge in [0, 0.05) is 16.8 Å². The molecule has 1 atom stereocenters. The number of benzene rings is 2. The van der Waals surface area contributed by atoms with Gasteiger partial charge in [-0.2, -0.15) is 0 Å². The number of anilines is 1. The van der Waals surface area contributed by atoms with Gasteiger partial charge in [0.1, 0.15) is 13.2 Å². The summed E-state index contributed by atoms with van der Waals surface area (Å²) in [5, 5.41) is 3.29. The van der Waals surface area contributed by atoms with E-state index in [0.29, 0.717) is 35.4 Å². The monoisotopic (exact) mass is 375 g/mol. The van der Waals surface area contributed by atoms with Crippen LogP contribution in [0.3, 0.4) is 0 Å². The summed E-state index contributed by atoms with van der Waals surface area (Å²) in [6.45, 7) is 2.48. The number of amides is 1. The zero-order chi connectivity index (χ0) is 18.5. The molecule has 0 aromatic heterocycles. The molecule has 3 rings (SSSR count). The van der Waals surface area contributed by atoms with E-state index >= 15 is 0 Å².